The van der Waals surface area contributed by atoms with Gasteiger partial charge < -0.3 is 8.98 Å². The number of para-hydroxylation sites is 1. The summed E-state index contributed by atoms with van der Waals surface area (Å²) in [5.74, 6) is 0.954. The average Bonchev–Trinajstić information content (AvgIpc) is 3.17. The van der Waals surface area contributed by atoms with Gasteiger partial charge in [-0.25, -0.2) is 8.42 Å². The van der Waals surface area contributed by atoms with Gasteiger partial charge in [0, 0.05) is 13.3 Å². The van der Waals surface area contributed by atoms with E-state index in [4.69, 9.17) is 4.42 Å². The van der Waals surface area contributed by atoms with Gasteiger partial charge >= 0.3 is 5.69 Å². The van der Waals surface area contributed by atoms with E-state index in [0.717, 1.165) is 18.0 Å². The summed E-state index contributed by atoms with van der Waals surface area (Å²) in [6, 6.07) is 7.55. The van der Waals surface area contributed by atoms with Gasteiger partial charge in [0.05, 0.1) is 16.1 Å². The Labute approximate surface area is 146 Å². The standard InChI is InChI=1S/C14H12N4O5S2/c1-17-13(9-5-4-8-23-9)15-16-14(17)24-10-6-3-7-11(25(2,21)22)12(10)18(19)20/h3-8H,1-2H3. The largest absolute Gasteiger partial charge is 0.461 e. The summed E-state index contributed by atoms with van der Waals surface area (Å²) >= 11 is 0.959. The van der Waals surface area contributed by atoms with Crippen LogP contribution in [0.1, 0.15) is 0 Å². The zero-order valence-electron chi connectivity index (χ0n) is 13.1. The number of nitrogens with zero attached hydrogens (tertiary/aromatic N) is 4. The molecule has 0 aliphatic rings. The minimum Gasteiger partial charge on any atom is -0.461 e. The number of sulfone groups is 1. The second-order valence-corrected chi connectivity index (χ2v) is 8.07. The van der Waals surface area contributed by atoms with Gasteiger partial charge in [-0.05, 0) is 36.0 Å². The zero-order chi connectivity index (χ0) is 18.2. The highest BCUT2D eigenvalue weighted by atomic mass is 32.2. The van der Waals surface area contributed by atoms with Crippen molar-refractivity contribution in [2.75, 3.05) is 6.26 Å². The molecule has 0 fully saturated rings. The number of rotatable bonds is 5. The highest BCUT2D eigenvalue weighted by molar-refractivity contribution is 7.99. The van der Waals surface area contributed by atoms with E-state index in [9.17, 15) is 18.5 Å². The summed E-state index contributed by atoms with van der Waals surface area (Å²) in [7, 11) is -2.06. The number of hydrogen-bond acceptors (Lipinski definition) is 8. The molecule has 3 aromatic rings. The minimum atomic E-state index is -3.75. The van der Waals surface area contributed by atoms with Crippen LogP contribution in [0.4, 0.5) is 5.69 Å². The van der Waals surface area contributed by atoms with Crippen LogP contribution in [0.15, 0.2) is 56.0 Å². The smallest absolute Gasteiger partial charge is 0.301 e. The van der Waals surface area contributed by atoms with Crippen molar-refractivity contribution >= 4 is 27.3 Å². The second kappa shape index (κ2) is 6.33. The molecule has 0 saturated carbocycles. The van der Waals surface area contributed by atoms with Gasteiger partial charge in [0.1, 0.15) is 4.90 Å². The predicted molar refractivity (Wildman–Crippen MR) is 89.0 cm³/mol. The average molecular weight is 380 g/mol. The molecule has 0 atom stereocenters. The van der Waals surface area contributed by atoms with Crippen molar-refractivity contribution in [3.8, 4) is 11.6 Å². The van der Waals surface area contributed by atoms with Crippen LogP contribution in [0.5, 0.6) is 0 Å². The maximum Gasteiger partial charge on any atom is 0.301 e. The molecule has 130 valence electrons. The van der Waals surface area contributed by atoms with Crippen molar-refractivity contribution < 1.29 is 17.8 Å². The van der Waals surface area contributed by atoms with Crippen LogP contribution in [-0.4, -0.2) is 34.4 Å². The topological polar surface area (TPSA) is 121 Å². The molecule has 25 heavy (non-hydrogen) atoms. The molecule has 0 aliphatic carbocycles. The predicted octanol–water partition coefficient (Wildman–Crippen LogP) is 2.54. The maximum atomic E-state index is 11.8. The van der Waals surface area contributed by atoms with E-state index < -0.39 is 20.4 Å². The molecule has 0 saturated heterocycles. The summed E-state index contributed by atoms with van der Waals surface area (Å²) in [5, 5.41) is 19.8. The highest BCUT2D eigenvalue weighted by Crippen LogP contribution is 2.38. The quantitative estimate of drug-likeness (QED) is 0.489. The fourth-order valence-electron chi connectivity index (χ4n) is 2.19. The van der Waals surface area contributed by atoms with E-state index in [2.05, 4.69) is 10.2 Å². The molecule has 11 heteroatoms. The zero-order valence-corrected chi connectivity index (χ0v) is 14.7. The second-order valence-electron chi connectivity index (χ2n) is 5.08. The molecule has 9 nitrogen and oxygen atoms in total. The van der Waals surface area contributed by atoms with Crippen LogP contribution in [0, 0.1) is 10.1 Å². The molecule has 0 N–H and O–H groups in total. The Kier molecular flexibility index (Phi) is 4.35. The fourth-order valence-corrected chi connectivity index (χ4v) is 4.04. The Morgan fingerprint density at radius 2 is 2.00 bits per heavy atom. The van der Waals surface area contributed by atoms with E-state index in [1.807, 2.05) is 0 Å². The molecule has 0 amide bonds. The Morgan fingerprint density at radius 1 is 1.24 bits per heavy atom. The summed E-state index contributed by atoms with van der Waals surface area (Å²) in [6.07, 6.45) is 2.43. The summed E-state index contributed by atoms with van der Waals surface area (Å²) in [4.78, 5) is 10.5. The van der Waals surface area contributed by atoms with Crippen molar-refractivity contribution in [2.24, 2.45) is 7.05 Å². The number of benzene rings is 1. The number of hydrogen-bond donors (Lipinski definition) is 0. The molecule has 1 aromatic carbocycles. The first-order chi connectivity index (χ1) is 11.8. The van der Waals surface area contributed by atoms with E-state index in [0.29, 0.717) is 16.7 Å². The SMILES string of the molecule is Cn1c(Sc2cccc(S(C)(=O)=O)c2[N+](=O)[O-])nnc1-c1ccco1. The molecule has 0 aliphatic heterocycles. The molecule has 0 unspecified atom stereocenters. The van der Waals surface area contributed by atoms with Crippen LogP contribution in [0.3, 0.4) is 0 Å². The van der Waals surface area contributed by atoms with Crippen LogP contribution in [-0.2, 0) is 16.9 Å². The molecule has 0 bridgehead atoms. The van der Waals surface area contributed by atoms with Crippen LogP contribution >= 0.6 is 11.8 Å². The molecule has 2 heterocycles. The highest BCUT2D eigenvalue weighted by Gasteiger charge is 2.27. The van der Waals surface area contributed by atoms with E-state index in [1.54, 1.807) is 23.7 Å². The van der Waals surface area contributed by atoms with Gasteiger partial charge in [-0.3, -0.25) is 10.1 Å². The number of nitro benzene ring substituents is 1. The Hall–Kier alpha value is -2.66. The van der Waals surface area contributed by atoms with Gasteiger partial charge in [-0.15, -0.1) is 10.2 Å². The van der Waals surface area contributed by atoms with Crippen molar-refractivity contribution in [1.82, 2.24) is 14.8 Å². The van der Waals surface area contributed by atoms with E-state index in [1.165, 1.54) is 24.5 Å². The van der Waals surface area contributed by atoms with Crippen molar-refractivity contribution in [1.29, 1.82) is 0 Å². The molecular formula is C14H12N4O5S2. The molecular weight excluding hydrogens is 368 g/mol. The molecule has 0 spiro atoms. The number of furan rings is 1. The lowest BCUT2D eigenvalue weighted by Gasteiger charge is -2.06. The van der Waals surface area contributed by atoms with Gasteiger partial charge in [0.2, 0.25) is 0 Å². The third-order valence-corrected chi connectivity index (χ3v) is 5.54. The monoisotopic (exact) mass is 380 g/mol. The third-order valence-electron chi connectivity index (χ3n) is 3.32. The molecule has 2 aromatic heterocycles. The number of nitro groups is 1. The van der Waals surface area contributed by atoms with Crippen molar-refractivity contribution in [2.45, 2.75) is 14.9 Å². The van der Waals surface area contributed by atoms with Crippen molar-refractivity contribution in [3.05, 3.63) is 46.7 Å². The normalized spacial score (nSPS) is 11.6. The number of aromatic nitrogens is 3. The van der Waals surface area contributed by atoms with Gasteiger partial charge in [0.25, 0.3) is 0 Å². The van der Waals surface area contributed by atoms with Gasteiger partial charge in [-0.2, -0.15) is 0 Å². The lowest BCUT2D eigenvalue weighted by Crippen LogP contribution is -2.04. The maximum absolute atomic E-state index is 11.8. The molecule has 0 radical (unpaired) electrons. The van der Waals surface area contributed by atoms with Gasteiger partial charge in [0.15, 0.2) is 26.6 Å². The van der Waals surface area contributed by atoms with E-state index in [-0.39, 0.29) is 9.79 Å². The van der Waals surface area contributed by atoms with Gasteiger partial charge in [-0.1, -0.05) is 6.07 Å². The minimum absolute atomic E-state index is 0.161. The van der Waals surface area contributed by atoms with E-state index >= 15 is 0 Å². The Morgan fingerprint density at radius 3 is 2.60 bits per heavy atom. The van der Waals surface area contributed by atoms with Crippen LogP contribution in [0.25, 0.3) is 11.6 Å². The summed E-state index contributed by atoms with van der Waals surface area (Å²) < 4.78 is 30.5. The Balaban J connectivity index is 2.07. The first-order valence-corrected chi connectivity index (χ1v) is 9.58. The lowest BCUT2D eigenvalue weighted by molar-refractivity contribution is -0.390. The van der Waals surface area contributed by atoms with Crippen molar-refractivity contribution in [3.63, 3.8) is 0 Å². The first kappa shape index (κ1) is 17.2. The molecule has 3 rings (SSSR count). The first-order valence-electron chi connectivity index (χ1n) is 6.87. The Bertz CT molecular complexity index is 1040. The van der Waals surface area contributed by atoms with Crippen LogP contribution in [0.2, 0.25) is 0 Å². The summed E-state index contributed by atoms with van der Waals surface area (Å²) in [5.41, 5.74) is -0.474. The van der Waals surface area contributed by atoms with Crippen LogP contribution < -0.4 is 0 Å². The lowest BCUT2D eigenvalue weighted by atomic mass is 10.3. The summed E-state index contributed by atoms with van der Waals surface area (Å²) in [6.45, 7) is 0. The third kappa shape index (κ3) is 3.28. The fraction of sp³-hybridized carbons (Fsp3) is 0.143.